The standard InChI is InChI=1S/C11H24O2S/c1-9(2,3)11(7,8)14(12,13)10(4,5)6/h1-8H3. The quantitative estimate of drug-likeness (QED) is 0.680. The lowest BCUT2D eigenvalue weighted by Gasteiger charge is -2.42. The lowest BCUT2D eigenvalue weighted by molar-refractivity contribution is 0.297. The van der Waals surface area contributed by atoms with Gasteiger partial charge in [-0.1, -0.05) is 20.8 Å². The molecule has 0 rings (SSSR count). The van der Waals surface area contributed by atoms with Gasteiger partial charge < -0.3 is 0 Å². The molecule has 0 aliphatic carbocycles. The molecule has 0 spiro atoms. The third-order valence-corrected chi connectivity index (χ3v) is 6.85. The molecule has 0 heterocycles. The van der Waals surface area contributed by atoms with Gasteiger partial charge in [0.1, 0.15) is 0 Å². The summed E-state index contributed by atoms with van der Waals surface area (Å²) in [6.45, 7) is 14.8. The maximum absolute atomic E-state index is 12.3. The van der Waals surface area contributed by atoms with Gasteiger partial charge >= 0.3 is 0 Å². The Kier molecular flexibility index (Phi) is 3.21. The van der Waals surface area contributed by atoms with Crippen LogP contribution >= 0.6 is 0 Å². The predicted molar refractivity (Wildman–Crippen MR) is 62.2 cm³/mol. The fourth-order valence-corrected chi connectivity index (χ4v) is 3.51. The summed E-state index contributed by atoms with van der Waals surface area (Å²) < 4.78 is 23.2. The molecular formula is C11H24O2S. The fourth-order valence-electron chi connectivity index (χ4n) is 1.17. The second-order valence-electron chi connectivity index (χ2n) is 6.38. The van der Waals surface area contributed by atoms with Crippen LogP contribution in [0.2, 0.25) is 0 Å². The van der Waals surface area contributed by atoms with Gasteiger partial charge in [0.25, 0.3) is 0 Å². The van der Waals surface area contributed by atoms with Crippen LogP contribution in [-0.4, -0.2) is 17.9 Å². The zero-order valence-corrected chi connectivity index (χ0v) is 11.5. The number of hydrogen-bond acceptors (Lipinski definition) is 2. The summed E-state index contributed by atoms with van der Waals surface area (Å²) in [7, 11) is -3.13. The molecule has 0 saturated carbocycles. The van der Waals surface area contributed by atoms with E-state index in [0.717, 1.165) is 0 Å². The van der Waals surface area contributed by atoms with Crippen molar-refractivity contribution in [2.75, 3.05) is 0 Å². The SMILES string of the molecule is CC(C)(C)C(C)(C)S(=O)(=O)C(C)(C)C. The van der Waals surface area contributed by atoms with Crippen molar-refractivity contribution in [2.24, 2.45) is 5.41 Å². The summed E-state index contributed by atoms with van der Waals surface area (Å²) in [5.74, 6) is 0. The van der Waals surface area contributed by atoms with Crippen molar-refractivity contribution in [1.29, 1.82) is 0 Å². The molecule has 0 aromatic rings. The lowest BCUT2D eigenvalue weighted by atomic mass is 9.82. The van der Waals surface area contributed by atoms with Gasteiger partial charge in [-0.05, 0) is 40.0 Å². The van der Waals surface area contributed by atoms with Gasteiger partial charge in [-0.2, -0.15) is 0 Å². The molecule has 0 fully saturated rings. The fraction of sp³-hybridized carbons (Fsp3) is 1.00. The van der Waals surface area contributed by atoms with E-state index in [1.165, 1.54) is 0 Å². The first-order valence-corrected chi connectivity index (χ1v) is 6.47. The van der Waals surface area contributed by atoms with E-state index in [0.29, 0.717) is 0 Å². The molecule has 0 radical (unpaired) electrons. The molecule has 0 bridgehead atoms. The monoisotopic (exact) mass is 220 g/mol. The normalized spacial score (nSPS) is 15.7. The van der Waals surface area contributed by atoms with Crippen LogP contribution in [-0.2, 0) is 9.84 Å². The van der Waals surface area contributed by atoms with Crippen molar-refractivity contribution in [3.05, 3.63) is 0 Å². The van der Waals surface area contributed by atoms with Crippen molar-refractivity contribution in [1.82, 2.24) is 0 Å². The van der Waals surface area contributed by atoms with Gasteiger partial charge in [-0.15, -0.1) is 0 Å². The minimum Gasteiger partial charge on any atom is -0.228 e. The molecule has 0 atom stereocenters. The minimum atomic E-state index is -3.13. The van der Waals surface area contributed by atoms with Gasteiger partial charge in [0.05, 0.1) is 9.49 Å². The Bertz CT molecular complexity index is 297. The van der Waals surface area contributed by atoms with Crippen LogP contribution in [0.25, 0.3) is 0 Å². The molecule has 2 nitrogen and oxygen atoms in total. The topological polar surface area (TPSA) is 34.1 Å². The van der Waals surface area contributed by atoms with Crippen LogP contribution in [0.5, 0.6) is 0 Å². The van der Waals surface area contributed by atoms with E-state index in [1.54, 1.807) is 20.8 Å². The van der Waals surface area contributed by atoms with Crippen molar-refractivity contribution in [2.45, 2.75) is 64.9 Å². The summed E-state index contributed by atoms with van der Waals surface area (Å²) in [6, 6.07) is 0. The second-order valence-corrected chi connectivity index (χ2v) is 9.63. The van der Waals surface area contributed by atoms with E-state index in [2.05, 4.69) is 0 Å². The average molecular weight is 220 g/mol. The predicted octanol–water partition coefficient (Wildman–Crippen LogP) is 3.02. The first kappa shape index (κ1) is 13.9. The summed E-state index contributed by atoms with van der Waals surface area (Å²) in [4.78, 5) is 0. The number of rotatable bonds is 1. The van der Waals surface area contributed by atoms with E-state index >= 15 is 0 Å². The zero-order valence-electron chi connectivity index (χ0n) is 10.7. The molecule has 14 heavy (non-hydrogen) atoms. The number of sulfone groups is 1. The third-order valence-electron chi connectivity index (χ3n) is 3.28. The van der Waals surface area contributed by atoms with Crippen LogP contribution in [0, 0.1) is 5.41 Å². The van der Waals surface area contributed by atoms with Crippen LogP contribution < -0.4 is 0 Å². The highest BCUT2D eigenvalue weighted by atomic mass is 32.2. The van der Waals surface area contributed by atoms with Crippen LogP contribution in [0.3, 0.4) is 0 Å². The number of hydrogen-bond donors (Lipinski definition) is 0. The van der Waals surface area contributed by atoms with Crippen molar-refractivity contribution in [3.8, 4) is 0 Å². The molecule has 0 amide bonds. The van der Waals surface area contributed by atoms with Crippen molar-refractivity contribution >= 4 is 9.84 Å². The highest BCUT2D eigenvalue weighted by Gasteiger charge is 2.49. The Morgan fingerprint density at radius 1 is 0.714 bits per heavy atom. The Balaban J connectivity index is 5.56. The van der Waals surface area contributed by atoms with Gasteiger partial charge in [-0.3, -0.25) is 0 Å². The van der Waals surface area contributed by atoms with E-state index in [9.17, 15) is 8.42 Å². The molecule has 0 N–H and O–H groups in total. The molecule has 86 valence electrons. The molecule has 0 unspecified atom stereocenters. The van der Waals surface area contributed by atoms with Crippen LogP contribution in [0.1, 0.15) is 55.4 Å². The van der Waals surface area contributed by atoms with E-state index < -0.39 is 19.3 Å². The minimum absolute atomic E-state index is 0.251. The second kappa shape index (κ2) is 3.22. The first-order valence-electron chi connectivity index (χ1n) is 4.99. The lowest BCUT2D eigenvalue weighted by Crippen LogP contribution is -2.51. The molecule has 3 heteroatoms. The van der Waals surface area contributed by atoms with Crippen LogP contribution in [0.15, 0.2) is 0 Å². The largest absolute Gasteiger partial charge is 0.228 e. The first-order chi connectivity index (χ1) is 5.75. The summed E-state index contributed by atoms with van der Waals surface area (Å²) in [5.41, 5.74) is -0.251. The Morgan fingerprint density at radius 2 is 1.00 bits per heavy atom. The summed E-state index contributed by atoms with van der Waals surface area (Å²) >= 11 is 0. The van der Waals surface area contributed by atoms with Crippen molar-refractivity contribution < 1.29 is 8.42 Å². The highest BCUT2D eigenvalue weighted by Crippen LogP contribution is 2.41. The smallest absolute Gasteiger partial charge is 0.160 e. The maximum atomic E-state index is 12.3. The molecule has 0 saturated heterocycles. The average Bonchev–Trinajstić information content (AvgIpc) is 1.81. The molecule has 0 aliphatic heterocycles. The summed E-state index contributed by atoms with van der Waals surface area (Å²) in [6.07, 6.45) is 0. The Labute approximate surface area is 89.0 Å². The highest BCUT2D eigenvalue weighted by molar-refractivity contribution is 7.94. The van der Waals surface area contributed by atoms with Gasteiger partial charge in [-0.25, -0.2) is 8.42 Å². The maximum Gasteiger partial charge on any atom is 0.160 e. The van der Waals surface area contributed by atoms with Crippen LogP contribution in [0.4, 0.5) is 0 Å². The third kappa shape index (κ3) is 1.97. The molecule has 0 aromatic carbocycles. The zero-order chi connectivity index (χ0) is 12.0. The molecule has 0 aliphatic rings. The Morgan fingerprint density at radius 3 is 1.07 bits per heavy atom. The van der Waals surface area contributed by atoms with Gasteiger partial charge in [0, 0.05) is 0 Å². The van der Waals surface area contributed by atoms with Gasteiger partial charge in [0.15, 0.2) is 9.84 Å². The molecule has 0 aromatic heterocycles. The summed E-state index contributed by atoms with van der Waals surface area (Å²) in [5, 5.41) is 0. The molecular weight excluding hydrogens is 196 g/mol. The Hall–Kier alpha value is -0.0500. The van der Waals surface area contributed by atoms with E-state index in [4.69, 9.17) is 0 Å². The van der Waals surface area contributed by atoms with Crippen molar-refractivity contribution in [3.63, 3.8) is 0 Å². The van der Waals surface area contributed by atoms with E-state index in [-0.39, 0.29) is 5.41 Å². The van der Waals surface area contributed by atoms with Gasteiger partial charge in [0.2, 0.25) is 0 Å². The van der Waals surface area contributed by atoms with E-state index in [1.807, 2.05) is 34.6 Å².